The standard InChI is InChI=1S/C21H22ClN3O2/c1-23-18-9-6-16(12-18)14-2-4-15(5-3-14)21-24-20(27-25-21)13-26-19-10-7-17(22)8-11-19/h2-5,7-8,10-11,16,18,23H,6,9,12-13H2,1H3. The highest BCUT2D eigenvalue weighted by atomic mass is 35.5. The van der Waals surface area contributed by atoms with Crippen molar-refractivity contribution in [1.82, 2.24) is 15.5 Å². The lowest BCUT2D eigenvalue weighted by atomic mass is 9.96. The van der Waals surface area contributed by atoms with E-state index in [1.165, 1.54) is 24.8 Å². The molecular formula is C21H22ClN3O2. The minimum atomic E-state index is 0.222. The van der Waals surface area contributed by atoms with Gasteiger partial charge in [-0.05, 0) is 62.1 Å². The third-order valence-corrected chi connectivity index (χ3v) is 5.38. The van der Waals surface area contributed by atoms with Crippen LogP contribution in [0.25, 0.3) is 11.4 Å². The lowest BCUT2D eigenvalue weighted by molar-refractivity contribution is 0.243. The van der Waals surface area contributed by atoms with Crippen LogP contribution in [0, 0.1) is 0 Å². The molecule has 6 heteroatoms. The molecule has 1 aliphatic carbocycles. The number of hydrogen-bond donors (Lipinski definition) is 1. The molecule has 0 aliphatic heterocycles. The topological polar surface area (TPSA) is 60.2 Å². The summed E-state index contributed by atoms with van der Waals surface area (Å²) in [6.45, 7) is 0.222. The van der Waals surface area contributed by atoms with Gasteiger partial charge < -0.3 is 14.6 Å². The normalized spacial score (nSPS) is 19.3. The number of benzene rings is 2. The fraction of sp³-hybridized carbons (Fsp3) is 0.333. The molecule has 0 amide bonds. The molecule has 2 atom stereocenters. The summed E-state index contributed by atoms with van der Waals surface area (Å²) in [6.07, 6.45) is 3.67. The third-order valence-electron chi connectivity index (χ3n) is 5.13. The number of ether oxygens (including phenoxy) is 1. The molecule has 0 saturated heterocycles. The van der Waals surface area contributed by atoms with E-state index in [2.05, 4.69) is 39.7 Å². The van der Waals surface area contributed by atoms with Crippen LogP contribution in [0.2, 0.25) is 5.02 Å². The molecule has 5 nitrogen and oxygen atoms in total. The highest BCUT2D eigenvalue weighted by Crippen LogP contribution is 2.35. The second-order valence-electron chi connectivity index (χ2n) is 6.87. The molecule has 1 N–H and O–H groups in total. The molecule has 0 bridgehead atoms. The van der Waals surface area contributed by atoms with Gasteiger partial charge in [0, 0.05) is 16.6 Å². The maximum atomic E-state index is 5.87. The molecule has 1 heterocycles. The summed E-state index contributed by atoms with van der Waals surface area (Å²) in [5.74, 6) is 2.36. The molecule has 1 fully saturated rings. The summed E-state index contributed by atoms with van der Waals surface area (Å²) in [5.41, 5.74) is 2.33. The van der Waals surface area contributed by atoms with Gasteiger partial charge >= 0.3 is 0 Å². The highest BCUT2D eigenvalue weighted by Gasteiger charge is 2.24. The van der Waals surface area contributed by atoms with Gasteiger partial charge in [-0.15, -0.1) is 0 Å². The number of nitrogens with one attached hydrogen (secondary N) is 1. The number of nitrogens with zero attached hydrogens (tertiary/aromatic N) is 2. The lowest BCUT2D eigenvalue weighted by Gasteiger charge is -2.11. The summed E-state index contributed by atoms with van der Waals surface area (Å²) in [6, 6.07) is 16.3. The van der Waals surface area contributed by atoms with Crippen molar-refractivity contribution >= 4 is 11.6 Å². The van der Waals surface area contributed by atoms with Crippen molar-refractivity contribution < 1.29 is 9.26 Å². The van der Waals surface area contributed by atoms with Crippen LogP contribution in [0.15, 0.2) is 53.1 Å². The van der Waals surface area contributed by atoms with E-state index >= 15 is 0 Å². The molecule has 0 radical (unpaired) electrons. The fourth-order valence-electron chi connectivity index (χ4n) is 3.56. The molecule has 140 valence electrons. The Bertz CT molecular complexity index is 877. The Morgan fingerprint density at radius 3 is 2.59 bits per heavy atom. The van der Waals surface area contributed by atoms with Crippen molar-refractivity contribution in [3.63, 3.8) is 0 Å². The van der Waals surface area contributed by atoms with E-state index in [-0.39, 0.29) is 6.61 Å². The van der Waals surface area contributed by atoms with Crippen LogP contribution in [-0.2, 0) is 6.61 Å². The van der Waals surface area contributed by atoms with Gasteiger partial charge in [-0.3, -0.25) is 0 Å². The van der Waals surface area contributed by atoms with E-state index in [9.17, 15) is 0 Å². The molecule has 2 unspecified atom stereocenters. The number of hydrogen-bond acceptors (Lipinski definition) is 5. The zero-order chi connectivity index (χ0) is 18.6. The van der Waals surface area contributed by atoms with Gasteiger partial charge in [0.05, 0.1) is 0 Å². The third kappa shape index (κ3) is 4.31. The molecule has 1 aromatic heterocycles. The van der Waals surface area contributed by atoms with E-state index in [0.717, 1.165) is 5.56 Å². The average Bonchev–Trinajstić information content (AvgIpc) is 3.37. The van der Waals surface area contributed by atoms with Gasteiger partial charge in [0.2, 0.25) is 5.82 Å². The average molecular weight is 384 g/mol. The Balaban J connectivity index is 1.38. The van der Waals surface area contributed by atoms with Crippen LogP contribution in [0.1, 0.15) is 36.6 Å². The summed E-state index contributed by atoms with van der Waals surface area (Å²) in [7, 11) is 2.04. The summed E-state index contributed by atoms with van der Waals surface area (Å²) in [5, 5.41) is 8.12. The van der Waals surface area contributed by atoms with E-state index < -0.39 is 0 Å². The molecule has 4 rings (SSSR count). The van der Waals surface area contributed by atoms with Gasteiger partial charge in [-0.1, -0.05) is 41.0 Å². The largest absolute Gasteiger partial charge is 0.484 e. The first-order chi connectivity index (χ1) is 13.2. The van der Waals surface area contributed by atoms with E-state index in [1.54, 1.807) is 24.3 Å². The van der Waals surface area contributed by atoms with Crippen LogP contribution in [-0.4, -0.2) is 23.2 Å². The van der Waals surface area contributed by atoms with Gasteiger partial charge in [0.1, 0.15) is 5.75 Å². The Morgan fingerprint density at radius 2 is 1.89 bits per heavy atom. The van der Waals surface area contributed by atoms with Gasteiger partial charge in [0.15, 0.2) is 6.61 Å². The Kier molecular flexibility index (Phi) is 5.41. The van der Waals surface area contributed by atoms with Crippen molar-refractivity contribution in [1.29, 1.82) is 0 Å². The van der Waals surface area contributed by atoms with Crippen molar-refractivity contribution in [2.75, 3.05) is 7.05 Å². The summed E-state index contributed by atoms with van der Waals surface area (Å²) >= 11 is 5.87. The Labute approximate surface area is 163 Å². The minimum absolute atomic E-state index is 0.222. The first-order valence-electron chi connectivity index (χ1n) is 9.20. The fourth-order valence-corrected chi connectivity index (χ4v) is 3.68. The lowest BCUT2D eigenvalue weighted by Crippen LogP contribution is -2.21. The van der Waals surface area contributed by atoms with Gasteiger partial charge in [-0.2, -0.15) is 4.98 Å². The first-order valence-corrected chi connectivity index (χ1v) is 9.57. The quantitative estimate of drug-likeness (QED) is 0.661. The molecule has 1 saturated carbocycles. The number of rotatable bonds is 6. The smallest absolute Gasteiger partial charge is 0.264 e. The van der Waals surface area contributed by atoms with E-state index in [1.807, 2.05) is 7.05 Å². The van der Waals surface area contributed by atoms with Crippen molar-refractivity contribution in [3.05, 3.63) is 65.0 Å². The SMILES string of the molecule is CNC1CCC(c2ccc(-c3noc(COc4ccc(Cl)cc4)n3)cc2)C1. The monoisotopic (exact) mass is 383 g/mol. The molecule has 1 aliphatic rings. The predicted octanol–water partition coefficient (Wildman–Crippen LogP) is 4.82. The van der Waals surface area contributed by atoms with Crippen LogP contribution >= 0.6 is 11.6 Å². The van der Waals surface area contributed by atoms with Gasteiger partial charge in [-0.25, -0.2) is 0 Å². The molecule has 3 aromatic rings. The van der Waals surface area contributed by atoms with Gasteiger partial charge in [0.25, 0.3) is 5.89 Å². The molecule has 0 spiro atoms. The first kappa shape index (κ1) is 18.0. The van der Waals surface area contributed by atoms with Crippen LogP contribution in [0.4, 0.5) is 0 Å². The number of aromatic nitrogens is 2. The predicted molar refractivity (Wildman–Crippen MR) is 105 cm³/mol. The van der Waals surface area contributed by atoms with E-state index in [4.69, 9.17) is 20.9 Å². The van der Waals surface area contributed by atoms with Crippen molar-refractivity contribution in [3.8, 4) is 17.1 Å². The Hall–Kier alpha value is -2.37. The van der Waals surface area contributed by atoms with E-state index in [0.29, 0.717) is 34.4 Å². The zero-order valence-corrected chi connectivity index (χ0v) is 15.9. The van der Waals surface area contributed by atoms with Crippen LogP contribution in [0.3, 0.4) is 0 Å². The molecular weight excluding hydrogens is 362 g/mol. The second kappa shape index (κ2) is 8.11. The molecule has 27 heavy (non-hydrogen) atoms. The van der Waals surface area contributed by atoms with Crippen LogP contribution < -0.4 is 10.1 Å². The minimum Gasteiger partial charge on any atom is -0.484 e. The Morgan fingerprint density at radius 1 is 1.11 bits per heavy atom. The summed E-state index contributed by atoms with van der Waals surface area (Å²) < 4.78 is 10.9. The second-order valence-corrected chi connectivity index (χ2v) is 7.31. The molecule has 2 aromatic carbocycles. The summed E-state index contributed by atoms with van der Waals surface area (Å²) in [4.78, 5) is 4.43. The van der Waals surface area contributed by atoms with Crippen LogP contribution in [0.5, 0.6) is 5.75 Å². The zero-order valence-electron chi connectivity index (χ0n) is 15.2. The van der Waals surface area contributed by atoms with Crippen molar-refractivity contribution in [2.45, 2.75) is 37.8 Å². The maximum absolute atomic E-state index is 5.87. The number of halogens is 1. The highest BCUT2D eigenvalue weighted by molar-refractivity contribution is 6.30. The van der Waals surface area contributed by atoms with Crippen molar-refractivity contribution in [2.24, 2.45) is 0 Å². The maximum Gasteiger partial charge on any atom is 0.264 e.